The van der Waals surface area contributed by atoms with Crippen molar-refractivity contribution < 1.29 is 4.74 Å². The molecule has 15 heavy (non-hydrogen) atoms. The SMILES string of the molecule is C#CCCCC(CCOCCC)NCC. The average molecular weight is 211 g/mol. The third kappa shape index (κ3) is 9.78. The first-order chi connectivity index (χ1) is 7.35. The molecule has 0 aliphatic carbocycles. The van der Waals surface area contributed by atoms with Gasteiger partial charge in [0.05, 0.1) is 0 Å². The van der Waals surface area contributed by atoms with E-state index in [0.717, 1.165) is 51.9 Å². The van der Waals surface area contributed by atoms with E-state index >= 15 is 0 Å². The number of terminal acetylenes is 1. The van der Waals surface area contributed by atoms with E-state index in [2.05, 4.69) is 25.1 Å². The van der Waals surface area contributed by atoms with Gasteiger partial charge < -0.3 is 10.1 Å². The van der Waals surface area contributed by atoms with Crippen LogP contribution < -0.4 is 5.32 Å². The zero-order valence-corrected chi connectivity index (χ0v) is 10.2. The van der Waals surface area contributed by atoms with Crippen LogP contribution in [0.3, 0.4) is 0 Å². The first kappa shape index (κ1) is 14.5. The fourth-order valence-electron chi connectivity index (χ4n) is 1.56. The molecule has 0 saturated carbocycles. The summed E-state index contributed by atoms with van der Waals surface area (Å²) in [6.45, 7) is 7.04. The summed E-state index contributed by atoms with van der Waals surface area (Å²) in [7, 11) is 0. The van der Waals surface area contributed by atoms with Gasteiger partial charge in [-0.25, -0.2) is 0 Å². The summed E-state index contributed by atoms with van der Waals surface area (Å²) in [5, 5.41) is 3.47. The van der Waals surface area contributed by atoms with Gasteiger partial charge in [0.1, 0.15) is 0 Å². The summed E-state index contributed by atoms with van der Waals surface area (Å²) in [5.41, 5.74) is 0. The lowest BCUT2D eigenvalue weighted by atomic mass is 10.1. The maximum atomic E-state index is 5.49. The minimum atomic E-state index is 0.570. The highest BCUT2D eigenvalue weighted by atomic mass is 16.5. The van der Waals surface area contributed by atoms with Crippen LogP contribution >= 0.6 is 0 Å². The van der Waals surface area contributed by atoms with Gasteiger partial charge in [0, 0.05) is 25.7 Å². The Morgan fingerprint density at radius 1 is 1.27 bits per heavy atom. The van der Waals surface area contributed by atoms with Crippen LogP contribution in [0.15, 0.2) is 0 Å². The van der Waals surface area contributed by atoms with E-state index in [9.17, 15) is 0 Å². The third-order valence-corrected chi connectivity index (χ3v) is 2.33. The van der Waals surface area contributed by atoms with Crippen molar-refractivity contribution in [1.82, 2.24) is 5.32 Å². The molecule has 1 atom stereocenters. The van der Waals surface area contributed by atoms with Gasteiger partial charge in [0.25, 0.3) is 0 Å². The number of ether oxygens (including phenoxy) is 1. The minimum Gasteiger partial charge on any atom is -0.381 e. The van der Waals surface area contributed by atoms with E-state index in [0.29, 0.717) is 6.04 Å². The monoisotopic (exact) mass is 211 g/mol. The van der Waals surface area contributed by atoms with E-state index < -0.39 is 0 Å². The smallest absolute Gasteiger partial charge is 0.0480 e. The molecule has 0 saturated heterocycles. The third-order valence-electron chi connectivity index (χ3n) is 2.33. The predicted molar refractivity (Wildman–Crippen MR) is 65.9 cm³/mol. The van der Waals surface area contributed by atoms with Crippen LogP contribution in [-0.4, -0.2) is 25.8 Å². The zero-order valence-electron chi connectivity index (χ0n) is 10.2. The Morgan fingerprint density at radius 3 is 2.67 bits per heavy atom. The first-order valence-corrected chi connectivity index (χ1v) is 6.09. The highest BCUT2D eigenvalue weighted by Gasteiger charge is 2.05. The predicted octanol–water partition coefficient (Wildman–Crippen LogP) is 2.58. The van der Waals surface area contributed by atoms with Crippen LogP contribution in [-0.2, 0) is 4.74 Å². The lowest BCUT2D eigenvalue weighted by Crippen LogP contribution is -2.30. The van der Waals surface area contributed by atoms with Crippen molar-refractivity contribution in [1.29, 1.82) is 0 Å². The summed E-state index contributed by atoms with van der Waals surface area (Å²) in [5.74, 6) is 2.68. The molecule has 0 aliphatic rings. The molecule has 88 valence electrons. The number of nitrogens with one attached hydrogen (secondary N) is 1. The standard InChI is InChI=1S/C13H25NO/c1-4-7-8-9-13(14-6-3)10-12-15-11-5-2/h1,13-14H,5-12H2,2-3H3. The molecule has 2 nitrogen and oxygen atoms in total. The van der Waals surface area contributed by atoms with E-state index in [-0.39, 0.29) is 0 Å². The van der Waals surface area contributed by atoms with Crippen molar-refractivity contribution in [3.05, 3.63) is 0 Å². The fraction of sp³-hybridized carbons (Fsp3) is 0.846. The van der Waals surface area contributed by atoms with Gasteiger partial charge in [0.2, 0.25) is 0 Å². The van der Waals surface area contributed by atoms with Crippen molar-refractivity contribution in [2.24, 2.45) is 0 Å². The molecule has 0 amide bonds. The lowest BCUT2D eigenvalue weighted by Gasteiger charge is -2.17. The van der Waals surface area contributed by atoms with Crippen molar-refractivity contribution in [3.8, 4) is 12.3 Å². The molecular weight excluding hydrogens is 186 g/mol. The van der Waals surface area contributed by atoms with Gasteiger partial charge >= 0.3 is 0 Å². The van der Waals surface area contributed by atoms with Crippen molar-refractivity contribution in [3.63, 3.8) is 0 Å². The molecule has 0 rings (SSSR count). The van der Waals surface area contributed by atoms with Gasteiger partial charge in [-0.1, -0.05) is 13.8 Å². The first-order valence-electron chi connectivity index (χ1n) is 6.09. The quantitative estimate of drug-likeness (QED) is 0.443. The van der Waals surface area contributed by atoms with Crippen LogP contribution in [0.4, 0.5) is 0 Å². The number of rotatable bonds is 10. The molecule has 0 aromatic heterocycles. The van der Waals surface area contributed by atoms with Crippen LogP contribution in [0.2, 0.25) is 0 Å². The normalized spacial score (nSPS) is 12.3. The van der Waals surface area contributed by atoms with Crippen LogP contribution in [0, 0.1) is 12.3 Å². The fourth-order valence-corrected chi connectivity index (χ4v) is 1.56. The Hall–Kier alpha value is -0.520. The van der Waals surface area contributed by atoms with Crippen LogP contribution in [0.25, 0.3) is 0 Å². The zero-order chi connectivity index (χ0) is 11.4. The Balaban J connectivity index is 3.49. The maximum Gasteiger partial charge on any atom is 0.0480 e. The van der Waals surface area contributed by atoms with Gasteiger partial charge in [-0.05, 0) is 32.2 Å². The van der Waals surface area contributed by atoms with Gasteiger partial charge in [-0.3, -0.25) is 0 Å². The second-order valence-corrected chi connectivity index (χ2v) is 3.75. The van der Waals surface area contributed by atoms with E-state index in [1.807, 2.05) is 0 Å². The van der Waals surface area contributed by atoms with Crippen molar-refractivity contribution in [2.45, 2.75) is 52.0 Å². The van der Waals surface area contributed by atoms with Crippen molar-refractivity contribution in [2.75, 3.05) is 19.8 Å². The molecule has 0 heterocycles. The Labute approximate surface area is 94.8 Å². The average Bonchev–Trinajstić information content (AvgIpc) is 2.24. The summed E-state index contributed by atoms with van der Waals surface area (Å²) in [4.78, 5) is 0. The summed E-state index contributed by atoms with van der Waals surface area (Å²) in [6.07, 6.45) is 10.6. The molecule has 0 spiro atoms. The van der Waals surface area contributed by atoms with Gasteiger partial charge in [-0.15, -0.1) is 12.3 Å². The summed E-state index contributed by atoms with van der Waals surface area (Å²) >= 11 is 0. The Kier molecular flexibility index (Phi) is 11.2. The van der Waals surface area contributed by atoms with E-state index in [1.165, 1.54) is 0 Å². The number of hydrogen-bond acceptors (Lipinski definition) is 2. The molecule has 0 aromatic rings. The largest absolute Gasteiger partial charge is 0.381 e. The van der Waals surface area contributed by atoms with Crippen LogP contribution in [0.5, 0.6) is 0 Å². The molecule has 0 aliphatic heterocycles. The van der Waals surface area contributed by atoms with Gasteiger partial charge in [0.15, 0.2) is 0 Å². The summed E-state index contributed by atoms with van der Waals surface area (Å²) < 4.78 is 5.49. The highest BCUT2D eigenvalue weighted by Crippen LogP contribution is 2.04. The maximum absolute atomic E-state index is 5.49. The second-order valence-electron chi connectivity index (χ2n) is 3.75. The minimum absolute atomic E-state index is 0.570. The second kappa shape index (κ2) is 11.6. The molecule has 1 N–H and O–H groups in total. The molecule has 0 bridgehead atoms. The van der Waals surface area contributed by atoms with Crippen LogP contribution in [0.1, 0.15) is 46.0 Å². The Bertz CT molecular complexity index is 162. The van der Waals surface area contributed by atoms with Gasteiger partial charge in [-0.2, -0.15) is 0 Å². The lowest BCUT2D eigenvalue weighted by molar-refractivity contribution is 0.123. The molecular formula is C13H25NO. The highest BCUT2D eigenvalue weighted by molar-refractivity contribution is 4.83. The number of hydrogen-bond donors (Lipinski definition) is 1. The molecule has 0 fully saturated rings. The number of unbranched alkanes of at least 4 members (excludes halogenated alkanes) is 1. The molecule has 0 radical (unpaired) electrons. The molecule has 0 aromatic carbocycles. The molecule has 1 unspecified atom stereocenters. The van der Waals surface area contributed by atoms with E-state index in [4.69, 9.17) is 11.2 Å². The summed E-state index contributed by atoms with van der Waals surface area (Å²) in [6, 6.07) is 0.570. The van der Waals surface area contributed by atoms with E-state index in [1.54, 1.807) is 0 Å². The Morgan fingerprint density at radius 2 is 2.07 bits per heavy atom. The van der Waals surface area contributed by atoms with Crippen molar-refractivity contribution >= 4 is 0 Å². The molecule has 2 heteroatoms. The topological polar surface area (TPSA) is 21.3 Å².